The number of carbonyl (C=O) groups excluding carboxylic acids is 2. The van der Waals surface area contributed by atoms with Crippen LogP contribution in [0.3, 0.4) is 0 Å². The first-order valence-corrected chi connectivity index (χ1v) is 6.51. The van der Waals surface area contributed by atoms with Crippen molar-refractivity contribution in [2.24, 2.45) is 0 Å². The van der Waals surface area contributed by atoms with E-state index in [0.29, 0.717) is 22.0 Å². The van der Waals surface area contributed by atoms with Crippen molar-refractivity contribution in [2.75, 3.05) is 10.6 Å². The van der Waals surface area contributed by atoms with Crippen molar-refractivity contribution in [1.82, 2.24) is 0 Å². The maximum absolute atomic E-state index is 11.8. The molecule has 0 unspecified atom stereocenters. The fourth-order valence-electron chi connectivity index (χ4n) is 1.65. The van der Waals surface area contributed by atoms with Gasteiger partial charge in [-0.1, -0.05) is 17.7 Å². The minimum Gasteiger partial charge on any atom is -0.508 e. The van der Waals surface area contributed by atoms with Gasteiger partial charge in [0, 0.05) is 16.4 Å². The summed E-state index contributed by atoms with van der Waals surface area (Å²) in [5.74, 6) is -1.53. The molecular formula is C15H13ClN2O3. The number of amides is 2. The molecule has 0 saturated carbocycles. The van der Waals surface area contributed by atoms with Crippen molar-refractivity contribution in [2.45, 2.75) is 6.92 Å². The number of benzene rings is 2. The van der Waals surface area contributed by atoms with Gasteiger partial charge < -0.3 is 15.7 Å². The van der Waals surface area contributed by atoms with E-state index in [1.807, 2.05) is 0 Å². The zero-order chi connectivity index (χ0) is 15.4. The van der Waals surface area contributed by atoms with Crippen molar-refractivity contribution in [1.29, 1.82) is 0 Å². The SMILES string of the molecule is Cc1c(Cl)cccc1NC(=O)C(=O)Nc1ccc(O)cc1. The summed E-state index contributed by atoms with van der Waals surface area (Å²) in [5, 5.41) is 14.6. The normalized spacial score (nSPS) is 10.0. The molecule has 108 valence electrons. The lowest BCUT2D eigenvalue weighted by molar-refractivity contribution is -0.133. The summed E-state index contributed by atoms with van der Waals surface area (Å²) in [7, 11) is 0. The van der Waals surface area contributed by atoms with Crippen molar-refractivity contribution in [3.63, 3.8) is 0 Å². The molecular weight excluding hydrogens is 292 g/mol. The lowest BCUT2D eigenvalue weighted by Gasteiger charge is -2.09. The van der Waals surface area contributed by atoms with Crippen LogP contribution in [0.15, 0.2) is 42.5 Å². The van der Waals surface area contributed by atoms with E-state index in [1.54, 1.807) is 25.1 Å². The summed E-state index contributed by atoms with van der Waals surface area (Å²) in [4.78, 5) is 23.6. The molecule has 2 rings (SSSR count). The predicted molar refractivity (Wildman–Crippen MR) is 81.6 cm³/mol. The van der Waals surface area contributed by atoms with Crippen LogP contribution in [-0.4, -0.2) is 16.9 Å². The van der Waals surface area contributed by atoms with Gasteiger partial charge in [-0.05, 0) is 48.9 Å². The third kappa shape index (κ3) is 3.73. The molecule has 0 atom stereocenters. The van der Waals surface area contributed by atoms with Gasteiger partial charge in [0.1, 0.15) is 5.75 Å². The largest absolute Gasteiger partial charge is 0.508 e. The van der Waals surface area contributed by atoms with Crippen LogP contribution in [0.5, 0.6) is 5.75 Å². The molecule has 0 spiro atoms. The van der Waals surface area contributed by atoms with E-state index in [4.69, 9.17) is 16.7 Å². The average molecular weight is 305 g/mol. The molecule has 2 amide bonds. The van der Waals surface area contributed by atoms with Gasteiger partial charge in [-0.15, -0.1) is 0 Å². The maximum Gasteiger partial charge on any atom is 0.314 e. The summed E-state index contributed by atoms with van der Waals surface area (Å²) in [5.41, 5.74) is 1.58. The summed E-state index contributed by atoms with van der Waals surface area (Å²) < 4.78 is 0. The highest BCUT2D eigenvalue weighted by Crippen LogP contribution is 2.22. The van der Waals surface area contributed by atoms with Crippen LogP contribution >= 0.6 is 11.6 Å². The molecule has 0 radical (unpaired) electrons. The first-order chi connectivity index (χ1) is 9.97. The van der Waals surface area contributed by atoms with Crippen LogP contribution in [0.2, 0.25) is 5.02 Å². The number of rotatable bonds is 2. The lowest BCUT2D eigenvalue weighted by atomic mass is 10.2. The highest BCUT2D eigenvalue weighted by Gasteiger charge is 2.15. The van der Waals surface area contributed by atoms with Crippen molar-refractivity contribution < 1.29 is 14.7 Å². The monoisotopic (exact) mass is 304 g/mol. The fourth-order valence-corrected chi connectivity index (χ4v) is 1.83. The molecule has 0 aromatic heterocycles. The van der Waals surface area contributed by atoms with Crippen LogP contribution in [-0.2, 0) is 9.59 Å². The number of phenolic OH excluding ortho intramolecular Hbond substituents is 1. The van der Waals surface area contributed by atoms with Gasteiger partial charge in [0.05, 0.1) is 0 Å². The molecule has 0 aliphatic heterocycles. The maximum atomic E-state index is 11.8. The molecule has 21 heavy (non-hydrogen) atoms. The van der Waals surface area contributed by atoms with E-state index in [2.05, 4.69) is 10.6 Å². The number of phenols is 1. The van der Waals surface area contributed by atoms with E-state index < -0.39 is 11.8 Å². The van der Waals surface area contributed by atoms with Gasteiger partial charge in [-0.2, -0.15) is 0 Å². The summed E-state index contributed by atoms with van der Waals surface area (Å²) >= 11 is 5.95. The highest BCUT2D eigenvalue weighted by atomic mass is 35.5. The highest BCUT2D eigenvalue weighted by molar-refractivity contribution is 6.44. The number of halogens is 1. The van der Waals surface area contributed by atoms with Gasteiger partial charge >= 0.3 is 11.8 Å². The predicted octanol–water partition coefficient (Wildman–Crippen LogP) is 2.93. The molecule has 2 aromatic carbocycles. The van der Waals surface area contributed by atoms with E-state index >= 15 is 0 Å². The van der Waals surface area contributed by atoms with Gasteiger partial charge in [0.2, 0.25) is 0 Å². The summed E-state index contributed by atoms with van der Waals surface area (Å²) in [6, 6.07) is 10.8. The Morgan fingerprint density at radius 2 is 1.62 bits per heavy atom. The molecule has 6 heteroatoms. The Balaban J connectivity index is 2.04. The Morgan fingerprint density at radius 1 is 1.00 bits per heavy atom. The zero-order valence-corrected chi connectivity index (χ0v) is 11.9. The van der Waals surface area contributed by atoms with Crippen molar-refractivity contribution in [3.05, 3.63) is 53.1 Å². The van der Waals surface area contributed by atoms with E-state index in [9.17, 15) is 9.59 Å². The Bertz CT molecular complexity index is 684. The number of hydrogen-bond acceptors (Lipinski definition) is 3. The molecule has 0 saturated heterocycles. The van der Waals surface area contributed by atoms with Gasteiger partial charge in [0.25, 0.3) is 0 Å². The number of aromatic hydroxyl groups is 1. The average Bonchev–Trinajstić information content (AvgIpc) is 2.46. The standard InChI is InChI=1S/C15H13ClN2O3/c1-9-12(16)3-2-4-13(9)18-15(21)14(20)17-10-5-7-11(19)8-6-10/h2-8,19H,1H3,(H,17,20)(H,18,21). The second-order valence-electron chi connectivity index (χ2n) is 4.37. The van der Waals surface area contributed by atoms with Gasteiger partial charge in [0.15, 0.2) is 0 Å². The third-order valence-corrected chi connectivity index (χ3v) is 3.26. The number of hydrogen-bond donors (Lipinski definition) is 3. The van der Waals surface area contributed by atoms with Crippen molar-refractivity contribution in [3.8, 4) is 5.75 Å². The van der Waals surface area contributed by atoms with E-state index in [0.717, 1.165) is 0 Å². The molecule has 2 aromatic rings. The first-order valence-electron chi connectivity index (χ1n) is 6.14. The Kier molecular flexibility index (Phi) is 4.45. The smallest absolute Gasteiger partial charge is 0.314 e. The van der Waals surface area contributed by atoms with Crippen LogP contribution in [0.25, 0.3) is 0 Å². The second kappa shape index (κ2) is 6.28. The molecule has 0 heterocycles. The van der Waals surface area contributed by atoms with Gasteiger partial charge in [-0.3, -0.25) is 9.59 Å². The van der Waals surface area contributed by atoms with Crippen LogP contribution in [0.1, 0.15) is 5.56 Å². The molecule has 0 aliphatic rings. The minimum absolute atomic E-state index is 0.0759. The summed E-state index contributed by atoms with van der Waals surface area (Å²) in [6.07, 6.45) is 0. The van der Waals surface area contributed by atoms with Crippen LogP contribution in [0, 0.1) is 6.92 Å². The molecule has 0 bridgehead atoms. The number of carbonyl (C=O) groups is 2. The second-order valence-corrected chi connectivity index (χ2v) is 4.77. The summed E-state index contributed by atoms with van der Waals surface area (Å²) in [6.45, 7) is 1.75. The molecule has 3 N–H and O–H groups in total. The van der Waals surface area contributed by atoms with E-state index in [1.165, 1.54) is 24.3 Å². The third-order valence-electron chi connectivity index (χ3n) is 2.85. The molecule has 0 aliphatic carbocycles. The van der Waals surface area contributed by atoms with Crippen LogP contribution in [0.4, 0.5) is 11.4 Å². The Morgan fingerprint density at radius 3 is 2.29 bits per heavy atom. The molecule has 0 fully saturated rings. The topological polar surface area (TPSA) is 78.4 Å². The Hall–Kier alpha value is -2.53. The number of nitrogens with one attached hydrogen (secondary N) is 2. The van der Waals surface area contributed by atoms with Crippen molar-refractivity contribution >= 4 is 34.8 Å². The lowest BCUT2D eigenvalue weighted by Crippen LogP contribution is -2.29. The fraction of sp³-hybridized carbons (Fsp3) is 0.0667. The van der Waals surface area contributed by atoms with E-state index in [-0.39, 0.29) is 5.75 Å². The first kappa shape index (κ1) is 14.9. The molecule has 5 nitrogen and oxygen atoms in total. The minimum atomic E-state index is -0.805. The zero-order valence-electron chi connectivity index (χ0n) is 11.2. The Labute approximate surface area is 126 Å². The van der Waals surface area contributed by atoms with Crippen LogP contribution < -0.4 is 10.6 Å². The quantitative estimate of drug-likeness (QED) is 0.589. The van der Waals surface area contributed by atoms with Gasteiger partial charge in [-0.25, -0.2) is 0 Å². The number of anilines is 2.